The molecule has 9 heteroatoms. The van der Waals surface area contributed by atoms with E-state index >= 15 is 0 Å². The van der Waals surface area contributed by atoms with Crippen molar-refractivity contribution >= 4 is 53.2 Å². The molecular formula is C20H22Cl3N3O3. The topological polar surface area (TPSA) is 93.5 Å². The minimum Gasteiger partial charge on any atom is -0.467 e. The third-order valence-corrected chi connectivity index (χ3v) is 5.19. The van der Waals surface area contributed by atoms with Crippen LogP contribution in [0.1, 0.15) is 29.2 Å². The van der Waals surface area contributed by atoms with Crippen LogP contribution in [0.4, 0.5) is 5.69 Å². The number of hydrogen-bond donors (Lipinski definition) is 3. The summed E-state index contributed by atoms with van der Waals surface area (Å²) in [7, 11) is 1.32. The maximum Gasteiger partial charge on any atom is 0.328 e. The van der Waals surface area contributed by atoms with E-state index in [0.717, 1.165) is 11.1 Å². The maximum absolute atomic E-state index is 12.7. The van der Waals surface area contributed by atoms with Crippen LogP contribution in [-0.2, 0) is 27.3 Å². The van der Waals surface area contributed by atoms with Crippen molar-refractivity contribution in [2.75, 3.05) is 12.4 Å². The quantitative estimate of drug-likeness (QED) is 0.595. The molecule has 0 saturated carbocycles. The van der Waals surface area contributed by atoms with Gasteiger partial charge in [0.2, 0.25) is 5.91 Å². The van der Waals surface area contributed by atoms with Crippen LogP contribution in [0, 0.1) is 0 Å². The summed E-state index contributed by atoms with van der Waals surface area (Å²) < 4.78 is 4.85. The lowest BCUT2D eigenvalue weighted by molar-refractivity contribution is -0.142. The lowest BCUT2D eigenvalue weighted by Gasteiger charge is -2.33. The van der Waals surface area contributed by atoms with Gasteiger partial charge in [-0.25, -0.2) is 4.79 Å². The van der Waals surface area contributed by atoms with Crippen LogP contribution < -0.4 is 16.4 Å². The van der Waals surface area contributed by atoms with E-state index < -0.39 is 18.1 Å². The van der Waals surface area contributed by atoms with Gasteiger partial charge in [-0.15, -0.1) is 12.4 Å². The predicted molar refractivity (Wildman–Crippen MR) is 117 cm³/mol. The average Bonchev–Trinajstić information content (AvgIpc) is 2.66. The van der Waals surface area contributed by atoms with Crippen LogP contribution in [0.5, 0.6) is 0 Å². The number of carbonyl (C=O) groups excluding carboxylic acids is 2. The number of carbonyl (C=O) groups is 2. The van der Waals surface area contributed by atoms with Gasteiger partial charge in [-0.1, -0.05) is 47.5 Å². The van der Waals surface area contributed by atoms with Crippen molar-refractivity contribution in [1.82, 2.24) is 5.32 Å². The Hall–Kier alpha value is -1.99. The molecule has 2 atom stereocenters. The number of fused-ring (bicyclic) bond motifs is 1. The molecule has 2 aromatic rings. The Morgan fingerprint density at radius 3 is 2.66 bits per heavy atom. The second kappa shape index (κ2) is 10.2. The van der Waals surface area contributed by atoms with Crippen molar-refractivity contribution in [1.29, 1.82) is 0 Å². The lowest BCUT2D eigenvalue weighted by atomic mass is 9.92. The Balaban J connectivity index is 0.00000300. The van der Waals surface area contributed by atoms with Gasteiger partial charge in [0.1, 0.15) is 6.04 Å². The highest BCUT2D eigenvalue weighted by molar-refractivity contribution is 6.35. The summed E-state index contributed by atoms with van der Waals surface area (Å²) in [4.78, 5) is 24.7. The fourth-order valence-corrected chi connectivity index (χ4v) is 4.01. The number of amides is 1. The number of methoxy groups -OCH3 is 1. The minimum absolute atomic E-state index is 0. The number of esters is 1. The molecule has 0 aromatic heterocycles. The van der Waals surface area contributed by atoms with Gasteiger partial charge in [0.25, 0.3) is 0 Å². The molecule has 0 unspecified atom stereocenters. The van der Waals surface area contributed by atoms with E-state index in [-0.39, 0.29) is 24.7 Å². The number of ether oxygens (including phenoxy) is 1. The first-order valence-electron chi connectivity index (χ1n) is 8.81. The van der Waals surface area contributed by atoms with Crippen molar-refractivity contribution < 1.29 is 14.3 Å². The van der Waals surface area contributed by atoms with E-state index in [0.29, 0.717) is 34.3 Å². The van der Waals surface area contributed by atoms with Crippen LogP contribution in [-0.4, -0.2) is 25.0 Å². The zero-order valence-electron chi connectivity index (χ0n) is 15.7. The number of rotatable bonds is 5. The van der Waals surface area contributed by atoms with Crippen molar-refractivity contribution in [3.8, 4) is 0 Å². The SMILES string of the molecule is COC(=O)[C@H]1C[C@H](NC(=O)Cc2cccc(CN)c2)c2c(Cl)cc(Cl)cc2N1.Cl. The van der Waals surface area contributed by atoms with E-state index in [4.69, 9.17) is 33.7 Å². The molecule has 1 aliphatic heterocycles. The summed E-state index contributed by atoms with van der Waals surface area (Å²) in [5.41, 5.74) is 8.79. The maximum atomic E-state index is 12.7. The van der Waals surface area contributed by atoms with Gasteiger partial charge in [0, 0.05) is 34.3 Å². The van der Waals surface area contributed by atoms with Crippen LogP contribution in [0.15, 0.2) is 36.4 Å². The molecule has 0 spiro atoms. The number of benzene rings is 2. The first-order valence-corrected chi connectivity index (χ1v) is 9.57. The van der Waals surface area contributed by atoms with Gasteiger partial charge >= 0.3 is 5.97 Å². The Morgan fingerprint density at radius 2 is 1.97 bits per heavy atom. The molecule has 29 heavy (non-hydrogen) atoms. The minimum atomic E-state index is -0.613. The Morgan fingerprint density at radius 1 is 1.24 bits per heavy atom. The Labute approximate surface area is 185 Å². The number of hydrogen-bond acceptors (Lipinski definition) is 5. The van der Waals surface area contributed by atoms with Crippen LogP contribution >= 0.6 is 35.6 Å². The smallest absolute Gasteiger partial charge is 0.328 e. The number of halogens is 3. The molecule has 3 rings (SSSR count). The summed E-state index contributed by atoms with van der Waals surface area (Å²) >= 11 is 12.5. The highest BCUT2D eigenvalue weighted by atomic mass is 35.5. The summed E-state index contributed by atoms with van der Waals surface area (Å²) in [6.45, 7) is 0.411. The van der Waals surface area contributed by atoms with Crippen molar-refractivity contribution in [2.45, 2.75) is 31.5 Å². The first kappa shape index (κ1) is 23.3. The number of nitrogens with two attached hydrogens (primary N) is 1. The van der Waals surface area contributed by atoms with Crippen molar-refractivity contribution in [3.63, 3.8) is 0 Å². The van der Waals surface area contributed by atoms with Gasteiger partial charge in [-0.3, -0.25) is 4.79 Å². The predicted octanol–water partition coefficient (Wildman–Crippen LogP) is 3.63. The Bertz CT molecular complexity index is 908. The highest BCUT2D eigenvalue weighted by Crippen LogP contribution is 2.40. The molecular weight excluding hydrogens is 437 g/mol. The summed E-state index contributed by atoms with van der Waals surface area (Å²) in [6, 6.07) is 9.80. The van der Waals surface area contributed by atoms with Gasteiger partial charge in [-0.2, -0.15) is 0 Å². The standard InChI is InChI=1S/C20H21Cl2N3O3.ClH/c1-28-20(27)17-9-16(19-14(22)7-13(21)8-15(19)24-17)25-18(26)6-11-3-2-4-12(5-11)10-23;/h2-5,7-8,16-17,24H,6,9-10,23H2,1H3,(H,25,26);1H/t16-,17+;/m0./s1. The molecule has 2 aromatic carbocycles. The molecule has 0 aliphatic carbocycles. The molecule has 1 aliphatic rings. The molecule has 0 saturated heterocycles. The monoisotopic (exact) mass is 457 g/mol. The molecule has 6 nitrogen and oxygen atoms in total. The van der Waals surface area contributed by atoms with E-state index in [1.165, 1.54) is 7.11 Å². The molecule has 1 heterocycles. The summed E-state index contributed by atoms with van der Waals surface area (Å²) in [5, 5.41) is 6.93. The third kappa shape index (κ3) is 5.54. The summed E-state index contributed by atoms with van der Waals surface area (Å²) in [6.07, 6.45) is 0.511. The van der Waals surface area contributed by atoms with Crippen molar-refractivity contribution in [3.05, 3.63) is 63.1 Å². The molecule has 0 bridgehead atoms. The largest absolute Gasteiger partial charge is 0.467 e. The Kier molecular flexibility index (Phi) is 8.16. The van der Waals surface area contributed by atoms with Gasteiger partial charge < -0.3 is 21.1 Å². The van der Waals surface area contributed by atoms with Gasteiger partial charge in [-0.05, 0) is 23.3 Å². The first-order chi connectivity index (χ1) is 13.4. The lowest BCUT2D eigenvalue weighted by Crippen LogP contribution is -2.42. The zero-order valence-corrected chi connectivity index (χ0v) is 18.0. The fourth-order valence-electron chi connectivity index (χ4n) is 3.38. The molecule has 0 radical (unpaired) electrons. The zero-order chi connectivity index (χ0) is 20.3. The highest BCUT2D eigenvalue weighted by Gasteiger charge is 2.34. The normalized spacial score (nSPS) is 17.4. The number of nitrogens with one attached hydrogen (secondary N) is 2. The second-order valence-electron chi connectivity index (χ2n) is 6.63. The fraction of sp³-hybridized carbons (Fsp3) is 0.300. The van der Waals surface area contributed by atoms with Crippen LogP contribution in [0.2, 0.25) is 10.0 Å². The van der Waals surface area contributed by atoms with Crippen LogP contribution in [0.3, 0.4) is 0 Å². The van der Waals surface area contributed by atoms with E-state index in [9.17, 15) is 9.59 Å². The second-order valence-corrected chi connectivity index (χ2v) is 7.47. The molecule has 0 fully saturated rings. The molecule has 4 N–H and O–H groups in total. The van der Waals surface area contributed by atoms with Crippen molar-refractivity contribution in [2.24, 2.45) is 5.73 Å². The van der Waals surface area contributed by atoms with Gasteiger partial charge in [0.15, 0.2) is 0 Å². The van der Waals surface area contributed by atoms with E-state index in [1.807, 2.05) is 24.3 Å². The van der Waals surface area contributed by atoms with Gasteiger partial charge in [0.05, 0.1) is 19.6 Å². The third-order valence-electron chi connectivity index (χ3n) is 4.66. The average molecular weight is 459 g/mol. The molecule has 156 valence electrons. The van der Waals surface area contributed by atoms with E-state index in [2.05, 4.69) is 10.6 Å². The summed E-state index contributed by atoms with van der Waals surface area (Å²) in [5.74, 6) is -0.599. The van der Waals surface area contributed by atoms with E-state index in [1.54, 1.807) is 12.1 Å². The molecule has 1 amide bonds. The van der Waals surface area contributed by atoms with Crippen LogP contribution in [0.25, 0.3) is 0 Å². The number of anilines is 1.